The molecule has 0 bridgehead atoms. The Morgan fingerprint density at radius 3 is 2.63 bits per heavy atom. The largest absolute Gasteiger partial charge is 0.380 e. The fourth-order valence-electron chi connectivity index (χ4n) is 3.18. The molecule has 0 amide bonds. The Kier molecular flexibility index (Phi) is 8.67. The lowest BCUT2D eigenvalue weighted by Gasteiger charge is -2.41. The monoisotopic (exact) mass is 270 g/mol. The summed E-state index contributed by atoms with van der Waals surface area (Å²) in [6, 6.07) is 1.36. The predicted octanol–water partition coefficient (Wildman–Crippen LogP) is 2.90. The fourth-order valence-corrected chi connectivity index (χ4v) is 3.18. The van der Waals surface area contributed by atoms with Crippen molar-refractivity contribution in [3.63, 3.8) is 0 Å². The first-order valence-corrected chi connectivity index (χ1v) is 8.24. The summed E-state index contributed by atoms with van der Waals surface area (Å²) in [6.45, 7) is 10.5. The lowest BCUT2D eigenvalue weighted by atomic mass is 9.80. The standard InChI is InChI=1S/C16H34N2O/c1-5-10-17-15-9-8-14(6-2)13-16(15)18(4)11-12-19-7-3/h14-17H,5-13H2,1-4H3. The van der Waals surface area contributed by atoms with Gasteiger partial charge >= 0.3 is 0 Å². The van der Waals surface area contributed by atoms with Gasteiger partial charge in [-0.3, -0.25) is 4.90 Å². The van der Waals surface area contributed by atoms with Crippen LogP contribution in [0.3, 0.4) is 0 Å². The molecule has 1 rings (SSSR count). The molecule has 3 atom stereocenters. The molecule has 19 heavy (non-hydrogen) atoms. The number of nitrogens with one attached hydrogen (secondary N) is 1. The van der Waals surface area contributed by atoms with Gasteiger partial charge in [-0.15, -0.1) is 0 Å². The predicted molar refractivity (Wildman–Crippen MR) is 82.6 cm³/mol. The number of nitrogens with zero attached hydrogens (tertiary/aromatic N) is 1. The first kappa shape index (κ1) is 16.9. The summed E-state index contributed by atoms with van der Waals surface area (Å²) in [4.78, 5) is 2.52. The van der Waals surface area contributed by atoms with Gasteiger partial charge in [0.2, 0.25) is 0 Å². The molecule has 0 radical (unpaired) electrons. The highest BCUT2D eigenvalue weighted by atomic mass is 16.5. The summed E-state index contributed by atoms with van der Waals surface area (Å²) in [5.41, 5.74) is 0. The Morgan fingerprint density at radius 2 is 2.00 bits per heavy atom. The third-order valence-corrected chi connectivity index (χ3v) is 4.52. The van der Waals surface area contributed by atoms with Gasteiger partial charge in [0.1, 0.15) is 0 Å². The minimum Gasteiger partial charge on any atom is -0.380 e. The summed E-state index contributed by atoms with van der Waals surface area (Å²) in [6.07, 6.45) is 6.63. The minimum absolute atomic E-state index is 0.675. The van der Waals surface area contributed by atoms with Crippen molar-refractivity contribution in [2.24, 2.45) is 5.92 Å². The van der Waals surface area contributed by atoms with Crippen molar-refractivity contribution in [3.8, 4) is 0 Å². The average molecular weight is 270 g/mol. The molecule has 1 aliphatic carbocycles. The van der Waals surface area contributed by atoms with Crippen LogP contribution in [0.1, 0.15) is 52.9 Å². The van der Waals surface area contributed by atoms with E-state index in [0.717, 1.165) is 32.2 Å². The smallest absolute Gasteiger partial charge is 0.0593 e. The molecule has 1 N–H and O–H groups in total. The van der Waals surface area contributed by atoms with Crippen LogP contribution < -0.4 is 5.32 Å². The summed E-state index contributed by atoms with van der Waals surface area (Å²) in [5, 5.41) is 3.75. The van der Waals surface area contributed by atoms with Gasteiger partial charge in [-0.2, -0.15) is 0 Å². The Labute approximate surface area is 120 Å². The molecule has 0 heterocycles. The van der Waals surface area contributed by atoms with Crippen LogP contribution in [0.4, 0.5) is 0 Å². The maximum Gasteiger partial charge on any atom is 0.0593 e. The van der Waals surface area contributed by atoms with Crippen molar-refractivity contribution in [3.05, 3.63) is 0 Å². The zero-order chi connectivity index (χ0) is 14.1. The van der Waals surface area contributed by atoms with Crippen molar-refractivity contribution >= 4 is 0 Å². The molecule has 114 valence electrons. The molecule has 3 nitrogen and oxygen atoms in total. The van der Waals surface area contributed by atoms with Crippen LogP contribution in [-0.2, 0) is 4.74 Å². The lowest BCUT2D eigenvalue weighted by molar-refractivity contribution is 0.0726. The van der Waals surface area contributed by atoms with Crippen molar-refractivity contribution < 1.29 is 4.74 Å². The van der Waals surface area contributed by atoms with Gasteiger partial charge in [0, 0.05) is 25.2 Å². The maximum absolute atomic E-state index is 5.50. The summed E-state index contributed by atoms with van der Waals surface area (Å²) in [7, 11) is 2.27. The molecule has 0 aliphatic heterocycles. The molecule has 0 spiro atoms. The molecule has 0 aromatic carbocycles. The van der Waals surface area contributed by atoms with Crippen molar-refractivity contribution in [2.45, 2.75) is 65.0 Å². The van der Waals surface area contributed by atoms with E-state index in [1.165, 1.54) is 32.1 Å². The second-order valence-electron chi connectivity index (χ2n) is 5.89. The first-order valence-electron chi connectivity index (χ1n) is 8.24. The van der Waals surface area contributed by atoms with E-state index in [1.54, 1.807) is 0 Å². The van der Waals surface area contributed by atoms with Gasteiger partial charge in [0.05, 0.1) is 6.61 Å². The zero-order valence-corrected chi connectivity index (χ0v) is 13.5. The van der Waals surface area contributed by atoms with Crippen molar-refractivity contribution in [2.75, 3.05) is 33.4 Å². The first-order chi connectivity index (χ1) is 9.22. The van der Waals surface area contributed by atoms with Crippen molar-refractivity contribution in [1.82, 2.24) is 10.2 Å². The van der Waals surface area contributed by atoms with Crippen LogP contribution in [0.15, 0.2) is 0 Å². The summed E-state index contributed by atoms with van der Waals surface area (Å²) in [5.74, 6) is 0.916. The van der Waals surface area contributed by atoms with Gasteiger partial charge in [0.15, 0.2) is 0 Å². The number of hydrogen-bond donors (Lipinski definition) is 1. The molecule has 3 unspecified atom stereocenters. The van der Waals surface area contributed by atoms with Gasteiger partial charge in [0.25, 0.3) is 0 Å². The molecule has 1 saturated carbocycles. The summed E-state index contributed by atoms with van der Waals surface area (Å²) >= 11 is 0. The van der Waals surface area contributed by atoms with E-state index < -0.39 is 0 Å². The van der Waals surface area contributed by atoms with Crippen molar-refractivity contribution in [1.29, 1.82) is 0 Å². The van der Waals surface area contributed by atoms with Crippen LogP contribution in [0.5, 0.6) is 0 Å². The fraction of sp³-hybridized carbons (Fsp3) is 1.00. The third-order valence-electron chi connectivity index (χ3n) is 4.52. The molecular weight excluding hydrogens is 236 g/mol. The highest BCUT2D eigenvalue weighted by Gasteiger charge is 2.31. The molecule has 1 fully saturated rings. The van der Waals surface area contributed by atoms with E-state index in [-0.39, 0.29) is 0 Å². The highest BCUT2D eigenvalue weighted by molar-refractivity contribution is 4.90. The number of hydrogen-bond acceptors (Lipinski definition) is 3. The van der Waals surface area contributed by atoms with Gasteiger partial charge in [-0.1, -0.05) is 20.3 Å². The Balaban J connectivity index is 2.48. The molecule has 0 aromatic heterocycles. The molecular formula is C16H34N2O. The highest BCUT2D eigenvalue weighted by Crippen LogP contribution is 2.29. The van der Waals surface area contributed by atoms with Crippen LogP contribution in [-0.4, -0.2) is 50.3 Å². The van der Waals surface area contributed by atoms with Crippen LogP contribution >= 0.6 is 0 Å². The third kappa shape index (κ3) is 5.80. The Bertz CT molecular complexity index is 223. The van der Waals surface area contributed by atoms with E-state index in [0.29, 0.717) is 12.1 Å². The van der Waals surface area contributed by atoms with E-state index in [1.807, 2.05) is 0 Å². The minimum atomic E-state index is 0.675. The molecule has 0 saturated heterocycles. The Hall–Kier alpha value is -0.120. The number of likely N-dealkylation sites (N-methyl/N-ethyl adjacent to an activating group) is 1. The van der Waals surface area contributed by atoms with Gasteiger partial charge < -0.3 is 10.1 Å². The van der Waals surface area contributed by atoms with E-state index in [4.69, 9.17) is 4.74 Å². The molecule has 0 aromatic rings. The average Bonchev–Trinajstić information content (AvgIpc) is 2.45. The zero-order valence-electron chi connectivity index (χ0n) is 13.5. The molecule has 3 heteroatoms. The van der Waals surface area contributed by atoms with E-state index in [2.05, 4.69) is 38.0 Å². The summed E-state index contributed by atoms with van der Waals surface area (Å²) < 4.78 is 5.50. The number of rotatable bonds is 9. The maximum atomic E-state index is 5.50. The van der Waals surface area contributed by atoms with Crippen LogP contribution in [0, 0.1) is 5.92 Å². The number of ether oxygens (including phenoxy) is 1. The lowest BCUT2D eigenvalue weighted by Crippen LogP contribution is -2.52. The quantitative estimate of drug-likeness (QED) is 0.652. The second kappa shape index (κ2) is 9.73. The van der Waals surface area contributed by atoms with Gasteiger partial charge in [-0.25, -0.2) is 0 Å². The molecule has 1 aliphatic rings. The SMILES string of the molecule is CCCNC1CCC(CC)CC1N(C)CCOCC. The topological polar surface area (TPSA) is 24.5 Å². The Morgan fingerprint density at radius 1 is 1.21 bits per heavy atom. The van der Waals surface area contributed by atoms with E-state index in [9.17, 15) is 0 Å². The normalized spacial score (nSPS) is 27.9. The van der Waals surface area contributed by atoms with E-state index >= 15 is 0 Å². The second-order valence-corrected chi connectivity index (χ2v) is 5.89. The van der Waals surface area contributed by atoms with Gasteiger partial charge in [-0.05, 0) is 52.1 Å². The van der Waals surface area contributed by atoms with Crippen LogP contribution in [0.25, 0.3) is 0 Å². The van der Waals surface area contributed by atoms with Crippen LogP contribution in [0.2, 0.25) is 0 Å².